The fourth-order valence-corrected chi connectivity index (χ4v) is 2.30. The van der Waals surface area contributed by atoms with Crippen LogP contribution in [0.4, 0.5) is 5.69 Å². The molecule has 0 aliphatic rings. The van der Waals surface area contributed by atoms with Crippen molar-refractivity contribution >= 4 is 17.6 Å². The summed E-state index contributed by atoms with van der Waals surface area (Å²) in [4.78, 5) is 24.8. The van der Waals surface area contributed by atoms with Gasteiger partial charge in [-0.2, -0.15) is 0 Å². The summed E-state index contributed by atoms with van der Waals surface area (Å²) in [6, 6.07) is 5.67. The number of benzene rings is 1. The van der Waals surface area contributed by atoms with Crippen LogP contribution >= 0.6 is 0 Å². The Hall–Kier alpha value is -1.88. The average Bonchev–Trinajstić information content (AvgIpc) is 2.51. The van der Waals surface area contributed by atoms with Crippen molar-refractivity contribution < 1.29 is 14.7 Å². The minimum Gasteiger partial charge on any atom is -0.481 e. The van der Waals surface area contributed by atoms with Crippen molar-refractivity contribution in [3.63, 3.8) is 0 Å². The molecule has 1 amide bonds. The lowest BCUT2D eigenvalue weighted by Crippen LogP contribution is -2.40. The standard InChI is InChI=1S/C17H26N2O3/c1-5-13-8-7-9-14(6-2)16(13)18-17(22)12(3)19(4)11-10-15(20)21/h7-9,12H,5-6,10-11H2,1-4H3,(H,18,22)(H,20,21). The fraction of sp³-hybridized carbons (Fsp3) is 0.529. The van der Waals surface area contributed by atoms with Gasteiger partial charge in [-0.25, -0.2) is 0 Å². The Kier molecular flexibility index (Phi) is 7.05. The van der Waals surface area contributed by atoms with Crippen molar-refractivity contribution in [2.75, 3.05) is 18.9 Å². The van der Waals surface area contributed by atoms with E-state index in [0.717, 1.165) is 29.7 Å². The molecule has 0 saturated heterocycles. The number of carbonyl (C=O) groups is 2. The number of para-hydroxylation sites is 1. The molecular weight excluding hydrogens is 280 g/mol. The molecule has 0 fully saturated rings. The lowest BCUT2D eigenvalue weighted by Gasteiger charge is -2.24. The summed E-state index contributed by atoms with van der Waals surface area (Å²) >= 11 is 0. The van der Waals surface area contributed by atoms with Gasteiger partial charge in [0.1, 0.15) is 0 Å². The minimum absolute atomic E-state index is 0.0277. The summed E-state index contributed by atoms with van der Waals surface area (Å²) < 4.78 is 0. The molecule has 22 heavy (non-hydrogen) atoms. The first-order valence-electron chi connectivity index (χ1n) is 7.74. The van der Waals surface area contributed by atoms with Gasteiger partial charge in [0, 0.05) is 12.2 Å². The molecule has 0 spiro atoms. The summed E-state index contributed by atoms with van der Waals surface area (Å²) in [5.41, 5.74) is 3.14. The van der Waals surface area contributed by atoms with Crippen LogP contribution < -0.4 is 5.32 Å². The summed E-state index contributed by atoms with van der Waals surface area (Å²) in [6.07, 6.45) is 1.74. The van der Waals surface area contributed by atoms with Crippen molar-refractivity contribution in [1.29, 1.82) is 0 Å². The number of carboxylic acids is 1. The van der Waals surface area contributed by atoms with Crippen LogP contribution in [-0.4, -0.2) is 41.5 Å². The van der Waals surface area contributed by atoms with Crippen molar-refractivity contribution in [3.05, 3.63) is 29.3 Å². The molecule has 1 aromatic carbocycles. The van der Waals surface area contributed by atoms with Gasteiger partial charge in [0.2, 0.25) is 5.91 Å². The number of rotatable bonds is 8. The first-order valence-corrected chi connectivity index (χ1v) is 7.74. The molecule has 122 valence electrons. The van der Waals surface area contributed by atoms with Gasteiger partial charge in [0.25, 0.3) is 0 Å². The third-order valence-corrected chi connectivity index (χ3v) is 3.97. The first-order chi connectivity index (χ1) is 10.4. The molecule has 0 aromatic heterocycles. The van der Waals surface area contributed by atoms with E-state index in [2.05, 4.69) is 19.2 Å². The van der Waals surface area contributed by atoms with Gasteiger partial charge >= 0.3 is 5.97 Å². The number of aliphatic carboxylic acids is 1. The lowest BCUT2D eigenvalue weighted by molar-refractivity contribution is -0.137. The predicted molar refractivity (Wildman–Crippen MR) is 88.2 cm³/mol. The van der Waals surface area contributed by atoms with E-state index in [4.69, 9.17) is 5.11 Å². The molecule has 0 radical (unpaired) electrons. The normalized spacial score (nSPS) is 12.2. The molecule has 5 heteroatoms. The van der Waals surface area contributed by atoms with Crippen LogP contribution in [0.25, 0.3) is 0 Å². The van der Waals surface area contributed by atoms with Crippen molar-refractivity contribution in [1.82, 2.24) is 4.90 Å². The third kappa shape index (κ3) is 4.84. The maximum absolute atomic E-state index is 12.4. The molecule has 5 nitrogen and oxygen atoms in total. The van der Waals surface area contributed by atoms with E-state index in [1.165, 1.54) is 0 Å². The number of anilines is 1. The van der Waals surface area contributed by atoms with Crippen LogP contribution in [0.3, 0.4) is 0 Å². The van der Waals surface area contributed by atoms with Crippen LogP contribution in [0.2, 0.25) is 0 Å². The molecule has 1 unspecified atom stereocenters. The quantitative estimate of drug-likeness (QED) is 0.774. The Bertz CT molecular complexity index is 506. The van der Waals surface area contributed by atoms with Gasteiger partial charge in [-0.05, 0) is 37.9 Å². The van der Waals surface area contributed by atoms with Crippen LogP contribution in [0.5, 0.6) is 0 Å². The van der Waals surface area contributed by atoms with Gasteiger partial charge in [-0.1, -0.05) is 32.0 Å². The molecule has 1 atom stereocenters. The van der Waals surface area contributed by atoms with Crippen molar-refractivity contribution in [3.8, 4) is 0 Å². The molecule has 0 heterocycles. The van der Waals surface area contributed by atoms with E-state index >= 15 is 0 Å². The fourth-order valence-electron chi connectivity index (χ4n) is 2.30. The highest BCUT2D eigenvalue weighted by atomic mass is 16.4. The third-order valence-electron chi connectivity index (χ3n) is 3.97. The zero-order valence-corrected chi connectivity index (χ0v) is 13.8. The van der Waals surface area contributed by atoms with Crippen molar-refractivity contribution in [2.45, 2.75) is 46.1 Å². The SMILES string of the molecule is CCc1cccc(CC)c1NC(=O)C(C)N(C)CCC(=O)O. The molecular formula is C17H26N2O3. The number of aryl methyl sites for hydroxylation is 2. The number of nitrogens with zero attached hydrogens (tertiary/aromatic N) is 1. The molecule has 0 saturated carbocycles. The Morgan fingerprint density at radius 2 is 1.77 bits per heavy atom. The highest BCUT2D eigenvalue weighted by Gasteiger charge is 2.20. The Morgan fingerprint density at radius 1 is 1.23 bits per heavy atom. The van der Waals surface area contributed by atoms with E-state index in [1.54, 1.807) is 18.9 Å². The Morgan fingerprint density at radius 3 is 2.23 bits per heavy atom. The van der Waals surface area contributed by atoms with E-state index < -0.39 is 5.97 Å². The molecule has 0 aliphatic carbocycles. The van der Waals surface area contributed by atoms with Gasteiger partial charge in [-0.15, -0.1) is 0 Å². The first kappa shape index (κ1) is 18.2. The summed E-state index contributed by atoms with van der Waals surface area (Å²) in [7, 11) is 1.76. The van der Waals surface area contributed by atoms with Gasteiger partial charge < -0.3 is 10.4 Å². The Balaban J connectivity index is 2.81. The van der Waals surface area contributed by atoms with Crippen LogP contribution in [0.1, 0.15) is 38.3 Å². The number of carboxylic acid groups (broad SMARTS) is 1. The Labute approximate surface area is 132 Å². The lowest BCUT2D eigenvalue weighted by atomic mass is 10.0. The zero-order chi connectivity index (χ0) is 16.7. The van der Waals surface area contributed by atoms with Gasteiger partial charge in [0.15, 0.2) is 0 Å². The minimum atomic E-state index is -0.857. The monoisotopic (exact) mass is 306 g/mol. The molecule has 0 bridgehead atoms. The van der Waals surface area contributed by atoms with E-state index in [0.29, 0.717) is 6.54 Å². The van der Waals surface area contributed by atoms with Crippen LogP contribution in [-0.2, 0) is 22.4 Å². The van der Waals surface area contributed by atoms with E-state index in [9.17, 15) is 9.59 Å². The van der Waals surface area contributed by atoms with Crippen molar-refractivity contribution in [2.24, 2.45) is 0 Å². The average molecular weight is 306 g/mol. The number of amides is 1. The maximum atomic E-state index is 12.4. The summed E-state index contributed by atoms with van der Waals surface area (Å²) in [5, 5.41) is 11.7. The van der Waals surface area contributed by atoms with E-state index in [1.807, 2.05) is 18.2 Å². The molecule has 2 N–H and O–H groups in total. The largest absolute Gasteiger partial charge is 0.481 e. The summed E-state index contributed by atoms with van der Waals surface area (Å²) in [6.45, 7) is 6.26. The van der Waals surface area contributed by atoms with Crippen LogP contribution in [0, 0.1) is 0 Å². The predicted octanol–water partition coefficient (Wildman–Crippen LogP) is 2.54. The second-order valence-electron chi connectivity index (χ2n) is 5.45. The summed E-state index contributed by atoms with van der Waals surface area (Å²) in [5.74, 6) is -0.965. The van der Waals surface area contributed by atoms with Gasteiger partial charge in [-0.3, -0.25) is 14.5 Å². The molecule has 1 rings (SSSR count). The maximum Gasteiger partial charge on any atom is 0.304 e. The topological polar surface area (TPSA) is 69.6 Å². The number of hydrogen-bond acceptors (Lipinski definition) is 3. The second kappa shape index (κ2) is 8.54. The smallest absolute Gasteiger partial charge is 0.304 e. The molecule has 1 aromatic rings. The highest BCUT2D eigenvalue weighted by Crippen LogP contribution is 2.23. The van der Waals surface area contributed by atoms with Gasteiger partial charge in [0.05, 0.1) is 12.5 Å². The highest BCUT2D eigenvalue weighted by molar-refractivity contribution is 5.96. The van der Waals surface area contributed by atoms with E-state index in [-0.39, 0.29) is 18.4 Å². The number of carbonyl (C=O) groups excluding carboxylic acids is 1. The second-order valence-corrected chi connectivity index (χ2v) is 5.45. The number of nitrogens with one attached hydrogen (secondary N) is 1. The zero-order valence-electron chi connectivity index (χ0n) is 13.8. The number of hydrogen-bond donors (Lipinski definition) is 2. The number of likely N-dealkylation sites (N-methyl/N-ethyl adjacent to an activating group) is 1. The van der Waals surface area contributed by atoms with Crippen LogP contribution in [0.15, 0.2) is 18.2 Å². The molecule has 0 aliphatic heterocycles.